The first kappa shape index (κ1) is 14.0. The molecule has 19 heavy (non-hydrogen) atoms. The van der Waals surface area contributed by atoms with Crippen LogP contribution in [0.3, 0.4) is 0 Å². The minimum Gasteiger partial charge on any atom is -0.495 e. The standard InChI is InChI=1S/C13H17ClN2O3/c1-9-8-16(5-6-19-9)13(17)15-11-7-10(14)3-4-12(11)18-2/h3-4,7,9H,5-6,8H2,1-2H3,(H,15,17)/t9-/m1/s1. The summed E-state index contributed by atoms with van der Waals surface area (Å²) in [6.45, 7) is 3.66. The van der Waals surface area contributed by atoms with Gasteiger partial charge in [0.15, 0.2) is 0 Å². The van der Waals surface area contributed by atoms with Crippen LogP contribution >= 0.6 is 11.6 Å². The van der Waals surface area contributed by atoms with Crippen LogP contribution in [-0.4, -0.2) is 43.8 Å². The molecule has 5 nitrogen and oxygen atoms in total. The molecule has 1 aliphatic heterocycles. The number of ether oxygens (including phenoxy) is 2. The zero-order valence-corrected chi connectivity index (χ0v) is 11.7. The van der Waals surface area contributed by atoms with E-state index in [-0.39, 0.29) is 12.1 Å². The number of anilines is 1. The normalized spacial score (nSPS) is 19.1. The van der Waals surface area contributed by atoms with Crippen molar-refractivity contribution < 1.29 is 14.3 Å². The summed E-state index contributed by atoms with van der Waals surface area (Å²) in [6, 6.07) is 4.94. The molecule has 1 N–H and O–H groups in total. The third-order valence-electron chi connectivity index (χ3n) is 2.93. The summed E-state index contributed by atoms with van der Waals surface area (Å²) < 4.78 is 10.6. The van der Waals surface area contributed by atoms with Gasteiger partial charge >= 0.3 is 6.03 Å². The lowest BCUT2D eigenvalue weighted by atomic mass is 10.3. The molecule has 2 rings (SSSR count). The monoisotopic (exact) mass is 284 g/mol. The number of nitrogens with one attached hydrogen (secondary N) is 1. The fraction of sp³-hybridized carbons (Fsp3) is 0.462. The van der Waals surface area contributed by atoms with E-state index in [9.17, 15) is 4.79 Å². The molecular formula is C13H17ClN2O3. The lowest BCUT2D eigenvalue weighted by Gasteiger charge is -2.31. The number of benzene rings is 1. The lowest BCUT2D eigenvalue weighted by molar-refractivity contribution is -0.00139. The summed E-state index contributed by atoms with van der Waals surface area (Å²) in [5.41, 5.74) is 0.569. The van der Waals surface area contributed by atoms with Gasteiger partial charge in [-0.25, -0.2) is 4.79 Å². The van der Waals surface area contributed by atoms with E-state index in [2.05, 4.69) is 5.32 Å². The molecular weight excluding hydrogens is 268 g/mol. The van der Waals surface area contributed by atoms with Gasteiger partial charge in [0.05, 0.1) is 25.5 Å². The lowest BCUT2D eigenvalue weighted by Crippen LogP contribution is -2.46. The van der Waals surface area contributed by atoms with Crippen molar-refractivity contribution in [3.63, 3.8) is 0 Å². The number of rotatable bonds is 2. The van der Waals surface area contributed by atoms with E-state index >= 15 is 0 Å². The molecule has 1 aromatic carbocycles. The smallest absolute Gasteiger partial charge is 0.322 e. The summed E-state index contributed by atoms with van der Waals surface area (Å²) in [4.78, 5) is 13.9. The molecule has 2 amide bonds. The van der Waals surface area contributed by atoms with Crippen LogP contribution in [-0.2, 0) is 4.74 Å². The third kappa shape index (κ3) is 3.52. The third-order valence-corrected chi connectivity index (χ3v) is 3.17. The number of hydrogen-bond donors (Lipinski definition) is 1. The zero-order valence-electron chi connectivity index (χ0n) is 11.0. The SMILES string of the molecule is COc1ccc(Cl)cc1NC(=O)N1CCO[C@H](C)C1. The minimum atomic E-state index is -0.171. The van der Waals surface area contributed by atoms with Gasteiger partial charge in [0.2, 0.25) is 0 Å². The van der Waals surface area contributed by atoms with E-state index in [1.165, 1.54) is 0 Å². The van der Waals surface area contributed by atoms with Crippen LogP contribution in [0.1, 0.15) is 6.92 Å². The van der Waals surface area contributed by atoms with Crippen LogP contribution in [0.25, 0.3) is 0 Å². The van der Waals surface area contributed by atoms with Gasteiger partial charge in [-0.1, -0.05) is 11.6 Å². The second-order valence-electron chi connectivity index (χ2n) is 4.40. The highest BCUT2D eigenvalue weighted by atomic mass is 35.5. The van der Waals surface area contributed by atoms with E-state index in [4.69, 9.17) is 21.1 Å². The molecule has 6 heteroatoms. The van der Waals surface area contributed by atoms with Crippen molar-refractivity contribution in [1.29, 1.82) is 0 Å². The maximum Gasteiger partial charge on any atom is 0.322 e. The van der Waals surface area contributed by atoms with Crippen LogP contribution in [0, 0.1) is 0 Å². The molecule has 1 aliphatic rings. The van der Waals surface area contributed by atoms with Crippen molar-refractivity contribution in [2.75, 3.05) is 32.1 Å². The van der Waals surface area contributed by atoms with E-state index in [1.807, 2.05) is 6.92 Å². The molecule has 0 aromatic heterocycles. The van der Waals surface area contributed by atoms with E-state index in [0.29, 0.717) is 36.2 Å². The quantitative estimate of drug-likeness (QED) is 0.908. The van der Waals surface area contributed by atoms with Crippen molar-refractivity contribution in [2.45, 2.75) is 13.0 Å². The Morgan fingerprint density at radius 2 is 2.37 bits per heavy atom. The minimum absolute atomic E-state index is 0.0563. The molecule has 1 aromatic rings. The topological polar surface area (TPSA) is 50.8 Å². The average Bonchev–Trinajstić information content (AvgIpc) is 2.39. The molecule has 0 bridgehead atoms. The van der Waals surface area contributed by atoms with Crippen LogP contribution in [0.15, 0.2) is 18.2 Å². The van der Waals surface area contributed by atoms with E-state index in [1.54, 1.807) is 30.2 Å². The molecule has 0 aliphatic carbocycles. The largest absolute Gasteiger partial charge is 0.495 e. The molecule has 1 heterocycles. The molecule has 104 valence electrons. The molecule has 1 saturated heterocycles. The fourth-order valence-corrected chi connectivity index (χ4v) is 2.15. The molecule has 0 spiro atoms. The van der Waals surface area contributed by atoms with Gasteiger partial charge in [-0.2, -0.15) is 0 Å². The Balaban J connectivity index is 2.07. The maximum absolute atomic E-state index is 12.2. The Morgan fingerprint density at radius 3 is 3.05 bits per heavy atom. The number of nitrogens with zero attached hydrogens (tertiary/aromatic N) is 1. The Hall–Kier alpha value is -1.46. The predicted molar refractivity (Wildman–Crippen MR) is 74.0 cm³/mol. The van der Waals surface area contributed by atoms with Gasteiger partial charge in [0, 0.05) is 18.1 Å². The van der Waals surface area contributed by atoms with Crippen LogP contribution in [0.2, 0.25) is 5.02 Å². The Morgan fingerprint density at radius 1 is 1.58 bits per heavy atom. The van der Waals surface area contributed by atoms with E-state index < -0.39 is 0 Å². The maximum atomic E-state index is 12.2. The number of morpholine rings is 1. The van der Waals surface area contributed by atoms with Gasteiger partial charge in [0.25, 0.3) is 0 Å². The molecule has 1 atom stereocenters. The van der Waals surface area contributed by atoms with Crippen molar-refractivity contribution in [1.82, 2.24) is 4.90 Å². The van der Waals surface area contributed by atoms with Crippen molar-refractivity contribution in [3.05, 3.63) is 23.2 Å². The first-order valence-electron chi connectivity index (χ1n) is 6.11. The highest BCUT2D eigenvalue weighted by Gasteiger charge is 2.22. The number of halogens is 1. The van der Waals surface area contributed by atoms with Gasteiger partial charge in [-0.3, -0.25) is 0 Å². The number of carbonyl (C=O) groups excluding carboxylic acids is 1. The van der Waals surface area contributed by atoms with Gasteiger partial charge < -0.3 is 19.7 Å². The second-order valence-corrected chi connectivity index (χ2v) is 4.84. The number of amides is 2. The van der Waals surface area contributed by atoms with Crippen molar-refractivity contribution in [2.24, 2.45) is 0 Å². The van der Waals surface area contributed by atoms with Gasteiger partial charge in [-0.05, 0) is 25.1 Å². The summed E-state index contributed by atoms with van der Waals surface area (Å²) in [7, 11) is 1.55. The first-order valence-corrected chi connectivity index (χ1v) is 6.49. The Bertz CT molecular complexity index is 467. The summed E-state index contributed by atoms with van der Waals surface area (Å²) >= 11 is 5.93. The molecule has 0 unspecified atom stereocenters. The number of carbonyl (C=O) groups is 1. The number of urea groups is 1. The summed E-state index contributed by atoms with van der Waals surface area (Å²) in [5.74, 6) is 0.582. The van der Waals surface area contributed by atoms with Crippen LogP contribution in [0.5, 0.6) is 5.75 Å². The predicted octanol–water partition coefficient (Wildman–Crippen LogP) is 2.60. The van der Waals surface area contributed by atoms with Crippen LogP contribution in [0.4, 0.5) is 10.5 Å². The molecule has 0 saturated carbocycles. The van der Waals surface area contributed by atoms with E-state index in [0.717, 1.165) is 0 Å². The Kier molecular flexibility index (Phi) is 4.50. The highest BCUT2D eigenvalue weighted by Crippen LogP contribution is 2.28. The highest BCUT2D eigenvalue weighted by molar-refractivity contribution is 6.31. The van der Waals surface area contributed by atoms with Gasteiger partial charge in [0.1, 0.15) is 5.75 Å². The number of hydrogen-bond acceptors (Lipinski definition) is 3. The second kappa shape index (κ2) is 6.12. The van der Waals surface area contributed by atoms with Gasteiger partial charge in [-0.15, -0.1) is 0 Å². The Labute approximate surface area is 117 Å². The first-order chi connectivity index (χ1) is 9.10. The fourth-order valence-electron chi connectivity index (χ4n) is 1.98. The average molecular weight is 285 g/mol. The number of methoxy groups -OCH3 is 1. The summed E-state index contributed by atoms with van der Waals surface area (Å²) in [6.07, 6.45) is 0.0563. The van der Waals surface area contributed by atoms with Crippen molar-refractivity contribution in [3.8, 4) is 5.75 Å². The zero-order chi connectivity index (χ0) is 13.8. The molecule has 1 fully saturated rings. The molecule has 0 radical (unpaired) electrons. The van der Waals surface area contributed by atoms with Crippen LogP contribution < -0.4 is 10.1 Å². The van der Waals surface area contributed by atoms with Crippen molar-refractivity contribution >= 4 is 23.3 Å². The summed E-state index contributed by atoms with van der Waals surface area (Å²) in [5, 5.41) is 3.36.